The maximum atomic E-state index is 14.0. The summed E-state index contributed by atoms with van der Waals surface area (Å²) in [5.41, 5.74) is 1.79. The minimum absolute atomic E-state index is 0.0512. The van der Waals surface area contributed by atoms with Crippen molar-refractivity contribution in [3.63, 3.8) is 0 Å². The Morgan fingerprint density at radius 2 is 1.90 bits per heavy atom. The van der Waals surface area contributed by atoms with E-state index in [0.717, 1.165) is 10.4 Å². The van der Waals surface area contributed by atoms with Gasteiger partial charge < -0.3 is 14.2 Å². The third-order valence-electron chi connectivity index (χ3n) is 6.24. The number of hydrogen-bond acceptors (Lipinski definition) is 8. The smallest absolute Gasteiger partial charge is 0.338 e. The number of hydrogen-bond donors (Lipinski definition) is 0. The molecule has 0 saturated heterocycles. The predicted molar refractivity (Wildman–Crippen MR) is 153 cm³/mol. The van der Waals surface area contributed by atoms with Crippen LogP contribution in [0, 0.1) is 5.82 Å². The third kappa shape index (κ3) is 5.50. The summed E-state index contributed by atoms with van der Waals surface area (Å²) in [6.45, 7) is 6.04. The van der Waals surface area contributed by atoms with E-state index in [1.165, 1.54) is 28.7 Å². The first-order valence-corrected chi connectivity index (χ1v) is 14.5. The van der Waals surface area contributed by atoms with Gasteiger partial charge in [-0.25, -0.2) is 14.2 Å². The highest BCUT2D eigenvalue weighted by molar-refractivity contribution is 7.10. The number of benzene rings is 2. The van der Waals surface area contributed by atoms with Gasteiger partial charge in [0.15, 0.2) is 16.3 Å². The summed E-state index contributed by atoms with van der Waals surface area (Å²) in [6.07, 6.45) is 1.77. The molecule has 3 heterocycles. The molecule has 40 heavy (non-hydrogen) atoms. The van der Waals surface area contributed by atoms with Crippen LogP contribution in [0.2, 0.25) is 0 Å². The second kappa shape index (κ2) is 12.0. The van der Waals surface area contributed by atoms with E-state index in [0.29, 0.717) is 44.3 Å². The number of allylic oxidation sites excluding steroid dienone is 1. The predicted octanol–water partition coefficient (Wildman–Crippen LogP) is 4.98. The zero-order chi connectivity index (χ0) is 28.2. The van der Waals surface area contributed by atoms with Gasteiger partial charge in [0, 0.05) is 10.4 Å². The first-order valence-electron chi connectivity index (χ1n) is 12.8. The Bertz CT molecular complexity index is 1760. The normalized spacial score (nSPS) is 15.0. The molecule has 0 spiro atoms. The Hall–Kier alpha value is -4.02. The van der Waals surface area contributed by atoms with Crippen molar-refractivity contribution in [2.24, 2.45) is 4.99 Å². The Morgan fingerprint density at radius 1 is 1.07 bits per heavy atom. The second-order valence-electron chi connectivity index (χ2n) is 8.84. The molecular weight excluding hydrogens is 551 g/mol. The summed E-state index contributed by atoms with van der Waals surface area (Å²) in [7, 11) is 0. The molecule has 7 nitrogen and oxygen atoms in total. The van der Waals surface area contributed by atoms with Crippen LogP contribution in [-0.4, -0.2) is 23.8 Å². The Balaban J connectivity index is 1.53. The lowest BCUT2D eigenvalue weighted by Gasteiger charge is -2.23. The minimum Gasteiger partial charge on any atom is -0.490 e. The summed E-state index contributed by atoms with van der Waals surface area (Å²) in [5.74, 6) is 0.131. The molecule has 1 aliphatic rings. The van der Waals surface area contributed by atoms with Gasteiger partial charge in [-0.05, 0) is 62.1 Å². The molecule has 0 aliphatic carbocycles. The summed E-state index contributed by atoms with van der Waals surface area (Å²) in [5, 5.41) is 1.91. The lowest BCUT2D eigenvalue weighted by Crippen LogP contribution is -2.39. The van der Waals surface area contributed by atoms with E-state index in [1.807, 2.05) is 30.5 Å². The molecule has 206 valence electrons. The Labute approximate surface area is 238 Å². The fourth-order valence-corrected chi connectivity index (χ4v) is 6.30. The monoisotopic (exact) mass is 578 g/mol. The molecule has 0 N–H and O–H groups in total. The maximum Gasteiger partial charge on any atom is 0.338 e. The van der Waals surface area contributed by atoms with Crippen LogP contribution in [0.5, 0.6) is 11.5 Å². The minimum atomic E-state index is -0.620. The molecule has 0 radical (unpaired) electrons. The van der Waals surface area contributed by atoms with Gasteiger partial charge in [0.2, 0.25) is 0 Å². The van der Waals surface area contributed by atoms with Gasteiger partial charge >= 0.3 is 5.97 Å². The first kappa shape index (κ1) is 27.5. The first-order chi connectivity index (χ1) is 19.4. The molecule has 0 bridgehead atoms. The van der Waals surface area contributed by atoms with Crippen molar-refractivity contribution in [3.8, 4) is 11.5 Å². The Morgan fingerprint density at radius 3 is 2.62 bits per heavy atom. The molecule has 0 amide bonds. The zero-order valence-electron chi connectivity index (χ0n) is 22.2. The number of carbonyl (C=O) groups excluding carboxylic acids is 1. The molecule has 4 aromatic rings. The number of thiazole rings is 1. The van der Waals surface area contributed by atoms with Crippen molar-refractivity contribution in [2.75, 3.05) is 13.2 Å². The fourth-order valence-electron chi connectivity index (χ4n) is 4.43. The largest absolute Gasteiger partial charge is 0.490 e. The van der Waals surface area contributed by atoms with Gasteiger partial charge in [-0.15, -0.1) is 11.3 Å². The second-order valence-corrected chi connectivity index (χ2v) is 10.8. The van der Waals surface area contributed by atoms with E-state index in [-0.39, 0.29) is 24.6 Å². The molecule has 0 saturated carbocycles. The van der Waals surface area contributed by atoms with E-state index < -0.39 is 12.0 Å². The van der Waals surface area contributed by atoms with Crippen LogP contribution in [0.1, 0.15) is 42.8 Å². The van der Waals surface area contributed by atoms with Crippen molar-refractivity contribution in [3.05, 3.63) is 113 Å². The van der Waals surface area contributed by atoms with E-state index in [9.17, 15) is 14.0 Å². The lowest BCUT2D eigenvalue weighted by molar-refractivity contribution is -0.139. The van der Waals surface area contributed by atoms with Crippen LogP contribution in [0.25, 0.3) is 6.08 Å². The van der Waals surface area contributed by atoms with Crippen molar-refractivity contribution in [1.29, 1.82) is 0 Å². The number of thiophene rings is 1. The number of rotatable bonds is 9. The molecule has 0 fully saturated rings. The van der Waals surface area contributed by atoms with Crippen molar-refractivity contribution in [1.82, 2.24) is 4.57 Å². The van der Waals surface area contributed by atoms with Gasteiger partial charge in [-0.1, -0.05) is 41.7 Å². The average molecular weight is 579 g/mol. The number of carbonyl (C=O) groups is 1. The molecule has 2 aromatic carbocycles. The number of aromatic nitrogens is 1. The van der Waals surface area contributed by atoms with Gasteiger partial charge in [-0.2, -0.15) is 0 Å². The van der Waals surface area contributed by atoms with Gasteiger partial charge in [0.1, 0.15) is 18.5 Å². The molecule has 5 rings (SSSR count). The number of nitrogens with zero attached hydrogens (tertiary/aromatic N) is 2. The number of esters is 1. The molecule has 1 atom stereocenters. The van der Waals surface area contributed by atoms with Crippen LogP contribution >= 0.6 is 22.7 Å². The SMILES string of the molecule is CCOC(=O)C1=C(C)N=c2s/c(=C\c3ccc(OCc4ccccc4F)c(OCC)c3)c(=O)n2[C@H]1c1cccs1. The Kier molecular flexibility index (Phi) is 8.27. The fraction of sp³-hybridized carbons (Fsp3) is 0.233. The van der Waals surface area contributed by atoms with Crippen LogP contribution in [0.4, 0.5) is 4.39 Å². The highest BCUT2D eigenvalue weighted by Gasteiger charge is 2.33. The zero-order valence-corrected chi connectivity index (χ0v) is 23.8. The summed E-state index contributed by atoms with van der Waals surface area (Å²) < 4.78 is 33.1. The van der Waals surface area contributed by atoms with Crippen LogP contribution in [-0.2, 0) is 16.1 Å². The molecule has 10 heteroatoms. The van der Waals surface area contributed by atoms with Gasteiger partial charge in [0.25, 0.3) is 5.56 Å². The highest BCUT2D eigenvalue weighted by Crippen LogP contribution is 2.33. The van der Waals surface area contributed by atoms with Crippen LogP contribution in [0.3, 0.4) is 0 Å². The van der Waals surface area contributed by atoms with Gasteiger partial charge in [-0.3, -0.25) is 9.36 Å². The van der Waals surface area contributed by atoms with Crippen LogP contribution in [0.15, 0.2) is 81.0 Å². The third-order valence-corrected chi connectivity index (χ3v) is 8.14. The number of ether oxygens (including phenoxy) is 3. The van der Waals surface area contributed by atoms with Crippen molar-refractivity contribution in [2.45, 2.75) is 33.4 Å². The maximum absolute atomic E-state index is 14.0. The lowest BCUT2D eigenvalue weighted by atomic mass is 10.0. The molecular formula is C30H27FN2O5S2. The summed E-state index contributed by atoms with van der Waals surface area (Å²) in [4.78, 5) is 32.6. The van der Waals surface area contributed by atoms with E-state index in [4.69, 9.17) is 14.2 Å². The highest BCUT2D eigenvalue weighted by atomic mass is 32.1. The van der Waals surface area contributed by atoms with Gasteiger partial charge in [0.05, 0.1) is 29.0 Å². The van der Waals surface area contributed by atoms with E-state index in [1.54, 1.807) is 54.8 Å². The van der Waals surface area contributed by atoms with Crippen molar-refractivity contribution < 1.29 is 23.4 Å². The topological polar surface area (TPSA) is 79.1 Å². The molecule has 1 aliphatic heterocycles. The average Bonchev–Trinajstić information content (AvgIpc) is 3.57. The summed E-state index contributed by atoms with van der Waals surface area (Å²) >= 11 is 2.72. The molecule has 2 aromatic heterocycles. The number of halogens is 1. The van der Waals surface area contributed by atoms with Crippen molar-refractivity contribution >= 4 is 34.7 Å². The van der Waals surface area contributed by atoms with E-state index in [2.05, 4.69) is 4.99 Å². The number of fused-ring (bicyclic) bond motifs is 1. The molecule has 0 unspecified atom stereocenters. The van der Waals surface area contributed by atoms with E-state index >= 15 is 0 Å². The van der Waals surface area contributed by atoms with Crippen LogP contribution < -0.4 is 24.4 Å². The quantitative estimate of drug-likeness (QED) is 0.262. The standard InChI is InChI=1S/C30H27FN2O5S2/c1-4-36-23-15-19(12-13-22(23)38-17-20-9-6-7-10-21(20)31)16-25-28(34)33-27(24-11-8-14-39-24)26(29(35)37-5-2)18(3)32-30(33)40-25/h6-16,27H,4-5,17H2,1-3H3/b25-16-/t27-/m0/s1. The summed E-state index contributed by atoms with van der Waals surface area (Å²) in [6, 6.07) is 14.9.